The van der Waals surface area contributed by atoms with E-state index in [2.05, 4.69) is 31.3 Å². The minimum atomic E-state index is -0.850. The summed E-state index contributed by atoms with van der Waals surface area (Å²) in [5, 5.41) is 2.84. The van der Waals surface area contributed by atoms with Gasteiger partial charge in [0.25, 0.3) is 0 Å². The SMILES string of the molecule is COC(=O)C1(NC(=O)/C=C/c2ccc(C(C)C)cc2)CCCC1. The van der Waals surface area contributed by atoms with Crippen LogP contribution < -0.4 is 5.32 Å². The first-order chi connectivity index (χ1) is 11.0. The maximum Gasteiger partial charge on any atom is 0.331 e. The lowest BCUT2D eigenvalue weighted by atomic mass is 9.97. The Morgan fingerprint density at radius 3 is 2.30 bits per heavy atom. The van der Waals surface area contributed by atoms with Crippen LogP contribution in [-0.4, -0.2) is 24.5 Å². The minimum absolute atomic E-state index is 0.259. The number of ether oxygens (including phenoxy) is 1. The molecule has 0 aliphatic heterocycles. The standard InChI is InChI=1S/C19H25NO3/c1-14(2)16-9-6-15(7-10-16)8-11-17(21)20-19(18(22)23-3)12-4-5-13-19/h6-11,14H,4-5,12-13H2,1-3H3,(H,20,21)/b11-8+. The summed E-state index contributed by atoms with van der Waals surface area (Å²) in [5.74, 6) is -0.123. The zero-order chi connectivity index (χ0) is 16.9. The van der Waals surface area contributed by atoms with Crippen molar-refractivity contribution in [2.75, 3.05) is 7.11 Å². The van der Waals surface area contributed by atoms with Gasteiger partial charge in [-0.1, -0.05) is 51.0 Å². The van der Waals surface area contributed by atoms with Gasteiger partial charge in [-0.25, -0.2) is 4.79 Å². The first kappa shape index (κ1) is 17.3. The molecule has 1 fully saturated rings. The fraction of sp³-hybridized carbons (Fsp3) is 0.474. The Bertz CT molecular complexity index is 581. The normalized spacial score (nSPS) is 16.7. The molecular formula is C19H25NO3. The number of benzene rings is 1. The summed E-state index contributed by atoms with van der Waals surface area (Å²) >= 11 is 0. The van der Waals surface area contributed by atoms with E-state index < -0.39 is 5.54 Å². The molecule has 2 rings (SSSR count). The minimum Gasteiger partial charge on any atom is -0.467 e. The van der Waals surface area contributed by atoms with Crippen molar-refractivity contribution < 1.29 is 14.3 Å². The summed E-state index contributed by atoms with van der Waals surface area (Å²) in [6.45, 7) is 4.29. The van der Waals surface area contributed by atoms with Crippen molar-refractivity contribution in [2.45, 2.75) is 51.0 Å². The molecule has 4 heteroatoms. The third-order valence-electron chi connectivity index (χ3n) is 4.43. The fourth-order valence-electron chi connectivity index (χ4n) is 3.00. The molecule has 0 atom stereocenters. The molecular weight excluding hydrogens is 290 g/mol. The Morgan fingerprint density at radius 2 is 1.78 bits per heavy atom. The van der Waals surface area contributed by atoms with E-state index in [-0.39, 0.29) is 11.9 Å². The van der Waals surface area contributed by atoms with E-state index in [9.17, 15) is 9.59 Å². The van der Waals surface area contributed by atoms with Gasteiger partial charge in [-0.2, -0.15) is 0 Å². The quantitative estimate of drug-likeness (QED) is 0.669. The van der Waals surface area contributed by atoms with Gasteiger partial charge in [-0.05, 0) is 36.0 Å². The van der Waals surface area contributed by atoms with Crippen LogP contribution in [-0.2, 0) is 14.3 Å². The number of carbonyl (C=O) groups is 2. The van der Waals surface area contributed by atoms with Crippen molar-refractivity contribution in [2.24, 2.45) is 0 Å². The molecule has 0 saturated heterocycles. The molecule has 124 valence electrons. The van der Waals surface area contributed by atoms with Gasteiger partial charge in [0.2, 0.25) is 5.91 Å². The highest BCUT2D eigenvalue weighted by Gasteiger charge is 2.43. The van der Waals surface area contributed by atoms with Gasteiger partial charge in [-0.3, -0.25) is 4.79 Å². The molecule has 23 heavy (non-hydrogen) atoms. The third-order valence-corrected chi connectivity index (χ3v) is 4.43. The van der Waals surface area contributed by atoms with Gasteiger partial charge >= 0.3 is 5.97 Å². The van der Waals surface area contributed by atoms with E-state index >= 15 is 0 Å². The summed E-state index contributed by atoms with van der Waals surface area (Å²) in [6, 6.07) is 8.11. The number of methoxy groups -OCH3 is 1. The molecule has 4 nitrogen and oxygen atoms in total. The Hall–Kier alpha value is -2.10. The molecule has 1 aliphatic rings. The van der Waals surface area contributed by atoms with Crippen molar-refractivity contribution in [3.05, 3.63) is 41.5 Å². The van der Waals surface area contributed by atoms with Gasteiger partial charge in [0.1, 0.15) is 5.54 Å². The van der Waals surface area contributed by atoms with E-state index in [0.29, 0.717) is 18.8 Å². The third kappa shape index (κ3) is 4.21. The summed E-state index contributed by atoms with van der Waals surface area (Å²) < 4.78 is 4.86. The van der Waals surface area contributed by atoms with E-state index in [1.165, 1.54) is 18.7 Å². The van der Waals surface area contributed by atoms with Gasteiger partial charge in [0, 0.05) is 6.08 Å². The second-order valence-electron chi connectivity index (χ2n) is 6.42. The highest BCUT2D eigenvalue weighted by molar-refractivity contribution is 5.96. The maximum absolute atomic E-state index is 12.2. The number of hydrogen-bond donors (Lipinski definition) is 1. The molecule has 1 aliphatic carbocycles. The van der Waals surface area contributed by atoms with Crippen LogP contribution in [0.25, 0.3) is 6.08 Å². The van der Waals surface area contributed by atoms with Crippen LogP contribution in [0.1, 0.15) is 56.6 Å². The smallest absolute Gasteiger partial charge is 0.331 e. The molecule has 1 amide bonds. The van der Waals surface area contributed by atoms with Crippen molar-refractivity contribution in [1.29, 1.82) is 0 Å². The molecule has 0 spiro atoms. The first-order valence-electron chi connectivity index (χ1n) is 8.15. The average Bonchev–Trinajstić information content (AvgIpc) is 3.02. The number of amides is 1. The van der Waals surface area contributed by atoms with Crippen LogP contribution in [0, 0.1) is 0 Å². The predicted molar refractivity (Wildman–Crippen MR) is 90.9 cm³/mol. The maximum atomic E-state index is 12.2. The van der Waals surface area contributed by atoms with Crippen molar-refractivity contribution in [1.82, 2.24) is 5.32 Å². The van der Waals surface area contributed by atoms with E-state index in [0.717, 1.165) is 18.4 Å². The lowest BCUT2D eigenvalue weighted by Crippen LogP contribution is -2.52. The molecule has 0 aromatic heterocycles. The molecule has 1 aromatic rings. The number of rotatable bonds is 5. The first-order valence-corrected chi connectivity index (χ1v) is 8.15. The van der Waals surface area contributed by atoms with Gasteiger partial charge in [0.05, 0.1) is 7.11 Å². The second-order valence-corrected chi connectivity index (χ2v) is 6.42. The van der Waals surface area contributed by atoms with Crippen LogP contribution in [0.5, 0.6) is 0 Å². The highest BCUT2D eigenvalue weighted by atomic mass is 16.5. The zero-order valence-corrected chi connectivity index (χ0v) is 14.1. The van der Waals surface area contributed by atoms with Crippen molar-refractivity contribution >= 4 is 18.0 Å². The molecule has 1 N–H and O–H groups in total. The number of carbonyl (C=O) groups excluding carboxylic acids is 2. The monoisotopic (exact) mass is 315 g/mol. The molecule has 1 saturated carbocycles. The molecule has 0 radical (unpaired) electrons. The summed E-state index contributed by atoms with van der Waals surface area (Å²) in [5.41, 5.74) is 1.38. The fourth-order valence-corrected chi connectivity index (χ4v) is 3.00. The Morgan fingerprint density at radius 1 is 1.17 bits per heavy atom. The Labute approximate surface area is 137 Å². The van der Waals surface area contributed by atoms with Crippen LogP contribution >= 0.6 is 0 Å². The van der Waals surface area contributed by atoms with Crippen molar-refractivity contribution in [3.8, 4) is 0 Å². The average molecular weight is 315 g/mol. The number of hydrogen-bond acceptors (Lipinski definition) is 3. The highest BCUT2D eigenvalue weighted by Crippen LogP contribution is 2.30. The van der Waals surface area contributed by atoms with E-state index in [1.807, 2.05) is 12.1 Å². The lowest BCUT2D eigenvalue weighted by molar-refractivity contribution is -0.150. The molecule has 0 bridgehead atoms. The molecule has 0 heterocycles. The summed E-state index contributed by atoms with van der Waals surface area (Å²) in [6.07, 6.45) is 6.38. The van der Waals surface area contributed by atoms with Gasteiger partial charge < -0.3 is 10.1 Å². The lowest BCUT2D eigenvalue weighted by Gasteiger charge is -2.26. The summed E-state index contributed by atoms with van der Waals surface area (Å²) in [4.78, 5) is 24.2. The Kier molecular flexibility index (Phi) is 5.59. The number of nitrogens with one attached hydrogen (secondary N) is 1. The van der Waals surface area contributed by atoms with Crippen LogP contribution in [0.4, 0.5) is 0 Å². The molecule has 1 aromatic carbocycles. The van der Waals surface area contributed by atoms with Crippen LogP contribution in [0.2, 0.25) is 0 Å². The predicted octanol–water partition coefficient (Wildman–Crippen LogP) is 3.43. The largest absolute Gasteiger partial charge is 0.467 e. The second kappa shape index (κ2) is 7.44. The van der Waals surface area contributed by atoms with E-state index in [1.54, 1.807) is 6.08 Å². The van der Waals surface area contributed by atoms with E-state index in [4.69, 9.17) is 4.74 Å². The summed E-state index contributed by atoms with van der Waals surface area (Å²) in [7, 11) is 1.36. The van der Waals surface area contributed by atoms with Crippen molar-refractivity contribution in [3.63, 3.8) is 0 Å². The van der Waals surface area contributed by atoms with Gasteiger partial charge in [-0.15, -0.1) is 0 Å². The van der Waals surface area contributed by atoms with Crippen LogP contribution in [0.3, 0.4) is 0 Å². The molecule has 0 unspecified atom stereocenters. The topological polar surface area (TPSA) is 55.4 Å². The Balaban J connectivity index is 2.01. The number of esters is 1. The zero-order valence-electron chi connectivity index (χ0n) is 14.1. The van der Waals surface area contributed by atoms with Gasteiger partial charge in [0.15, 0.2) is 0 Å². The van der Waals surface area contributed by atoms with Crippen LogP contribution in [0.15, 0.2) is 30.3 Å².